The molecule has 0 aromatic heterocycles. The van der Waals surface area contributed by atoms with Gasteiger partial charge in [0.05, 0.1) is 0 Å². The van der Waals surface area contributed by atoms with Crippen molar-refractivity contribution in [3.63, 3.8) is 0 Å². The summed E-state index contributed by atoms with van der Waals surface area (Å²) in [5.74, 6) is 0.938. The van der Waals surface area contributed by atoms with Crippen LogP contribution in [0.5, 0.6) is 0 Å². The van der Waals surface area contributed by atoms with Gasteiger partial charge in [0.1, 0.15) is 0 Å². The molecule has 0 spiro atoms. The highest BCUT2D eigenvalue weighted by Crippen LogP contribution is 2.29. The zero-order valence-electron chi connectivity index (χ0n) is 7.34. The van der Waals surface area contributed by atoms with Crippen LogP contribution in [0.4, 0.5) is 0 Å². The molecular formula is C10H17N. The Morgan fingerprint density at radius 1 is 1.55 bits per heavy atom. The molecule has 0 aromatic rings. The van der Waals surface area contributed by atoms with Crippen molar-refractivity contribution in [2.75, 3.05) is 0 Å². The smallest absolute Gasteiger partial charge is 0.0249 e. The second-order valence-corrected chi connectivity index (χ2v) is 3.51. The molecule has 1 rings (SSSR count). The molecule has 1 heteroatoms. The van der Waals surface area contributed by atoms with Crippen LogP contribution in [-0.2, 0) is 0 Å². The predicted molar refractivity (Wildman–Crippen MR) is 49.9 cm³/mol. The number of aliphatic imine (C=N–C) groups is 1. The Bertz CT molecular complexity index is 152. The van der Waals surface area contributed by atoms with Crippen LogP contribution in [0, 0.1) is 5.92 Å². The van der Waals surface area contributed by atoms with Gasteiger partial charge in [0.15, 0.2) is 0 Å². The fourth-order valence-electron chi connectivity index (χ4n) is 1.88. The lowest BCUT2D eigenvalue weighted by atomic mass is 10.00. The maximum atomic E-state index is 3.77. The number of rotatable bonds is 3. The van der Waals surface area contributed by atoms with E-state index in [-0.39, 0.29) is 0 Å². The van der Waals surface area contributed by atoms with E-state index in [2.05, 4.69) is 18.6 Å². The fraction of sp³-hybridized carbons (Fsp3) is 0.700. The molecule has 1 aliphatic carbocycles. The molecule has 1 aliphatic rings. The highest BCUT2D eigenvalue weighted by molar-refractivity contribution is 5.26. The van der Waals surface area contributed by atoms with Crippen molar-refractivity contribution in [2.45, 2.75) is 39.0 Å². The van der Waals surface area contributed by atoms with Gasteiger partial charge in [0, 0.05) is 6.20 Å². The molecule has 1 nitrogen and oxygen atoms in total. The lowest BCUT2D eigenvalue weighted by Crippen LogP contribution is -1.92. The Kier molecular flexibility index (Phi) is 3.34. The molecule has 0 unspecified atom stereocenters. The van der Waals surface area contributed by atoms with Crippen LogP contribution in [0.3, 0.4) is 0 Å². The average Bonchev–Trinajstić information content (AvgIpc) is 2.40. The van der Waals surface area contributed by atoms with Crippen LogP contribution in [0.15, 0.2) is 16.8 Å². The SMILES string of the molecule is C=N/C=C(\C)CC1CCCC1. The van der Waals surface area contributed by atoms with Gasteiger partial charge in [-0.25, -0.2) is 0 Å². The van der Waals surface area contributed by atoms with Gasteiger partial charge in [-0.15, -0.1) is 0 Å². The molecule has 0 radical (unpaired) electrons. The summed E-state index contributed by atoms with van der Waals surface area (Å²) >= 11 is 0. The molecule has 1 fully saturated rings. The second kappa shape index (κ2) is 4.32. The lowest BCUT2D eigenvalue weighted by Gasteiger charge is -2.07. The Hall–Kier alpha value is -0.590. The molecule has 1 saturated carbocycles. The zero-order chi connectivity index (χ0) is 8.10. The van der Waals surface area contributed by atoms with E-state index in [1.165, 1.54) is 37.7 Å². The van der Waals surface area contributed by atoms with Gasteiger partial charge < -0.3 is 0 Å². The molecule has 0 atom stereocenters. The van der Waals surface area contributed by atoms with E-state index >= 15 is 0 Å². The highest BCUT2D eigenvalue weighted by atomic mass is 14.6. The first-order chi connectivity index (χ1) is 5.33. The van der Waals surface area contributed by atoms with Gasteiger partial charge in [-0.05, 0) is 26.0 Å². The van der Waals surface area contributed by atoms with E-state index in [0.29, 0.717) is 0 Å². The van der Waals surface area contributed by atoms with E-state index in [1.807, 2.05) is 6.20 Å². The van der Waals surface area contributed by atoms with Crippen molar-refractivity contribution in [1.29, 1.82) is 0 Å². The van der Waals surface area contributed by atoms with E-state index in [4.69, 9.17) is 0 Å². The summed E-state index contributed by atoms with van der Waals surface area (Å²) in [6.45, 7) is 5.59. The van der Waals surface area contributed by atoms with Crippen LogP contribution in [0.25, 0.3) is 0 Å². The predicted octanol–water partition coefficient (Wildman–Crippen LogP) is 3.17. The van der Waals surface area contributed by atoms with Gasteiger partial charge in [-0.1, -0.05) is 31.3 Å². The summed E-state index contributed by atoms with van der Waals surface area (Å²) in [4.78, 5) is 3.77. The number of allylic oxidation sites excluding steroid dienone is 1. The minimum Gasteiger partial charge on any atom is -0.273 e. The van der Waals surface area contributed by atoms with Crippen molar-refractivity contribution in [1.82, 2.24) is 0 Å². The molecule has 0 amide bonds. The van der Waals surface area contributed by atoms with E-state index < -0.39 is 0 Å². The van der Waals surface area contributed by atoms with Gasteiger partial charge in [0.2, 0.25) is 0 Å². The molecule has 0 saturated heterocycles. The Morgan fingerprint density at radius 2 is 2.18 bits per heavy atom. The molecule has 0 aromatic carbocycles. The van der Waals surface area contributed by atoms with Crippen LogP contribution in [0.2, 0.25) is 0 Å². The summed E-state index contributed by atoms with van der Waals surface area (Å²) < 4.78 is 0. The molecule has 0 heterocycles. The topological polar surface area (TPSA) is 12.4 Å². The maximum Gasteiger partial charge on any atom is 0.0249 e. The van der Waals surface area contributed by atoms with Crippen molar-refractivity contribution in [2.24, 2.45) is 10.9 Å². The second-order valence-electron chi connectivity index (χ2n) is 3.51. The fourth-order valence-corrected chi connectivity index (χ4v) is 1.88. The molecule has 0 bridgehead atoms. The van der Waals surface area contributed by atoms with Crippen LogP contribution in [0.1, 0.15) is 39.0 Å². The first-order valence-corrected chi connectivity index (χ1v) is 4.44. The monoisotopic (exact) mass is 151 g/mol. The first-order valence-electron chi connectivity index (χ1n) is 4.44. The normalized spacial score (nSPS) is 20.6. The summed E-state index contributed by atoms with van der Waals surface area (Å²) in [6.07, 6.45) is 8.82. The van der Waals surface area contributed by atoms with E-state index in [1.54, 1.807) is 0 Å². The summed E-state index contributed by atoms with van der Waals surface area (Å²) in [5.41, 5.74) is 1.38. The maximum absolute atomic E-state index is 3.77. The number of hydrogen-bond acceptors (Lipinski definition) is 1. The molecular weight excluding hydrogens is 134 g/mol. The van der Waals surface area contributed by atoms with Crippen LogP contribution in [-0.4, -0.2) is 6.72 Å². The van der Waals surface area contributed by atoms with Gasteiger partial charge in [-0.2, -0.15) is 0 Å². The third-order valence-corrected chi connectivity index (χ3v) is 2.40. The van der Waals surface area contributed by atoms with Crippen LogP contribution >= 0.6 is 0 Å². The molecule has 11 heavy (non-hydrogen) atoms. The largest absolute Gasteiger partial charge is 0.273 e. The third kappa shape index (κ3) is 2.87. The lowest BCUT2D eigenvalue weighted by molar-refractivity contribution is 0.543. The minimum absolute atomic E-state index is 0.938. The van der Waals surface area contributed by atoms with Crippen LogP contribution < -0.4 is 0 Å². The highest BCUT2D eigenvalue weighted by Gasteiger charge is 2.14. The van der Waals surface area contributed by atoms with E-state index in [0.717, 1.165) is 5.92 Å². The Morgan fingerprint density at radius 3 is 2.73 bits per heavy atom. The molecule has 0 aliphatic heterocycles. The summed E-state index contributed by atoms with van der Waals surface area (Å²) in [5, 5.41) is 0. The zero-order valence-corrected chi connectivity index (χ0v) is 7.34. The molecule has 62 valence electrons. The number of hydrogen-bond donors (Lipinski definition) is 0. The first kappa shape index (κ1) is 8.51. The summed E-state index contributed by atoms with van der Waals surface area (Å²) in [7, 11) is 0. The molecule has 0 N–H and O–H groups in total. The third-order valence-electron chi connectivity index (χ3n) is 2.40. The quantitative estimate of drug-likeness (QED) is 0.549. The van der Waals surface area contributed by atoms with Crippen molar-refractivity contribution in [3.05, 3.63) is 11.8 Å². The standard InChI is InChI=1S/C10H17N/c1-9(8-11-2)7-10-5-3-4-6-10/h8,10H,2-7H2,1H3/b9-8+. The summed E-state index contributed by atoms with van der Waals surface area (Å²) in [6, 6.07) is 0. The number of nitrogens with zero attached hydrogens (tertiary/aromatic N) is 1. The van der Waals surface area contributed by atoms with Crippen molar-refractivity contribution < 1.29 is 0 Å². The van der Waals surface area contributed by atoms with Crippen molar-refractivity contribution >= 4 is 6.72 Å². The Balaban J connectivity index is 2.28. The van der Waals surface area contributed by atoms with Gasteiger partial charge >= 0.3 is 0 Å². The van der Waals surface area contributed by atoms with Gasteiger partial charge in [0.25, 0.3) is 0 Å². The Labute approximate surface area is 69.2 Å². The minimum atomic E-state index is 0.938. The van der Waals surface area contributed by atoms with Gasteiger partial charge in [-0.3, -0.25) is 4.99 Å². The van der Waals surface area contributed by atoms with E-state index in [9.17, 15) is 0 Å². The van der Waals surface area contributed by atoms with Crippen molar-refractivity contribution in [3.8, 4) is 0 Å². The average molecular weight is 151 g/mol.